The van der Waals surface area contributed by atoms with E-state index in [2.05, 4.69) is 5.32 Å². The monoisotopic (exact) mass is 281 g/mol. The van der Waals surface area contributed by atoms with Crippen molar-refractivity contribution in [2.45, 2.75) is 13.0 Å². The van der Waals surface area contributed by atoms with Gasteiger partial charge in [0.25, 0.3) is 0 Å². The molecule has 0 aliphatic heterocycles. The molecule has 0 amide bonds. The zero-order valence-electron chi connectivity index (χ0n) is 10.3. The van der Waals surface area contributed by atoms with Crippen LogP contribution in [0.25, 0.3) is 0 Å². The molecule has 2 aromatic rings. The molecule has 100 valence electrons. The second-order valence-electron chi connectivity index (χ2n) is 4.30. The van der Waals surface area contributed by atoms with Crippen molar-refractivity contribution in [2.75, 3.05) is 6.54 Å². The molecule has 1 N–H and O–H groups in total. The number of nitrogens with one attached hydrogen (secondary N) is 1. The second-order valence-corrected chi connectivity index (χ2v) is 4.70. The molecule has 0 saturated carbocycles. The van der Waals surface area contributed by atoms with Gasteiger partial charge in [-0.15, -0.1) is 0 Å². The van der Waals surface area contributed by atoms with Gasteiger partial charge in [0, 0.05) is 17.6 Å². The highest BCUT2D eigenvalue weighted by molar-refractivity contribution is 6.31. The average Bonchev–Trinajstić information content (AvgIpc) is 2.35. The molecule has 2 rings (SSSR count). The maximum absolute atomic E-state index is 13.0. The Morgan fingerprint density at radius 1 is 1.00 bits per heavy atom. The van der Waals surface area contributed by atoms with Crippen molar-refractivity contribution in [2.24, 2.45) is 0 Å². The molecule has 19 heavy (non-hydrogen) atoms. The molecule has 0 fully saturated rings. The van der Waals surface area contributed by atoms with Crippen LogP contribution in [0.5, 0.6) is 0 Å². The van der Waals surface area contributed by atoms with Crippen molar-refractivity contribution in [1.82, 2.24) is 5.32 Å². The number of halogens is 3. The largest absolute Gasteiger partial charge is 0.312 e. The first-order valence-corrected chi connectivity index (χ1v) is 6.42. The molecule has 0 bridgehead atoms. The molecule has 4 heteroatoms. The van der Waals surface area contributed by atoms with Crippen LogP contribution in [-0.4, -0.2) is 6.54 Å². The summed E-state index contributed by atoms with van der Waals surface area (Å²) >= 11 is 6.02. The SMILES string of the molecule is Fc1cc(F)cc(CCNCc2ccccc2Cl)c1. The minimum absolute atomic E-state index is 0.541. The number of rotatable bonds is 5. The average molecular weight is 282 g/mol. The molecular weight excluding hydrogens is 268 g/mol. The van der Waals surface area contributed by atoms with E-state index in [-0.39, 0.29) is 0 Å². The van der Waals surface area contributed by atoms with Crippen LogP contribution >= 0.6 is 11.6 Å². The van der Waals surface area contributed by atoms with E-state index in [0.717, 1.165) is 11.6 Å². The van der Waals surface area contributed by atoms with Gasteiger partial charge in [-0.2, -0.15) is 0 Å². The molecule has 0 heterocycles. The molecular formula is C15H14ClF2N. The van der Waals surface area contributed by atoms with Crippen molar-refractivity contribution >= 4 is 11.6 Å². The van der Waals surface area contributed by atoms with Crippen molar-refractivity contribution in [3.63, 3.8) is 0 Å². The molecule has 1 nitrogen and oxygen atoms in total. The van der Waals surface area contributed by atoms with Crippen molar-refractivity contribution in [1.29, 1.82) is 0 Å². The maximum Gasteiger partial charge on any atom is 0.126 e. The minimum atomic E-state index is -0.541. The van der Waals surface area contributed by atoms with Crippen LogP contribution in [0.1, 0.15) is 11.1 Å². The Morgan fingerprint density at radius 2 is 1.68 bits per heavy atom. The zero-order chi connectivity index (χ0) is 13.7. The fourth-order valence-electron chi connectivity index (χ4n) is 1.85. The van der Waals surface area contributed by atoms with E-state index < -0.39 is 11.6 Å². The molecule has 2 aromatic carbocycles. The summed E-state index contributed by atoms with van der Waals surface area (Å²) in [6, 6.07) is 11.1. The van der Waals surface area contributed by atoms with Crippen LogP contribution in [0, 0.1) is 11.6 Å². The fourth-order valence-corrected chi connectivity index (χ4v) is 2.06. The van der Waals surface area contributed by atoms with Gasteiger partial charge in [-0.3, -0.25) is 0 Å². The summed E-state index contributed by atoms with van der Waals surface area (Å²) in [5, 5.41) is 3.92. The molecule has 0 aliphatic rings. The fraction of sp³-hybridized carbons (Fsp3) is 0.200. The third kappa shape index (κ3) is 4.30. The third-order valence-electron chi connectivity index (χ3n) is 2.79. The van der Waals surface area contributed by atoms with Gasteiger partial charge in [0.05, 0.1) is 0 Å². The van der Waals surface area contributed by atoms with E-state index in [1.807, 2.05) is 24.3 Å². The van der Waals surface area contributed by atoms with E-state index in [4.69, 9.17) is 11.6 Å². The molecule has 0 radical (unpaired) electrons. The Labute approximate surface area is 116 Å². The third-order valence-corrected chi connectivity index (χ3v) is 3.15. The summed E-state index contributed by atoms with van der Waals surface area (Å²) in [7, 11) is 0. The van der Waals surface area contributed by atoms with Crippen LogP contribution in [0.2, 0.25) is 5.02 Å². The molecule has 0 saturated heterocycles. The molecule has 0 unspecified atom stereocenters. The highest BCUT2D eigenvalue weighted by Crippen LogP contribution is 2.14. The van der Waals surface area contributed by atoms with Crippen LogP contribution in [-0.2, 0) is 13.0 Å². The zero-order valence-corrected chi connectivity index (χ0v) is 11.1. The molecule has 0 aromatic heterocycles. The maximum atomic E-state index is 13.0. The van der Waals surface area contributed by atoms with Crippen LogP contribution in [0.3, 0.4) is 0 Å². The first kappa shape index (κ1) is 14.0. The van der Waals surface area contributed by atoms with Crippen LogP contribution in [0.15, 0.2) is 42.5 Å². The second kappa shape index (κ2) is 6.64. The van der Waals surface area contributed by atoms with E-state index in [0.29, 0.717) is 30.1 Å². The van der Waals surface area contributed by atoms with Crippen molar-refractivity contribution in [3.05, 3.63) is 70.2 Å². The van der Waals surface area contributed by atoms with Gasteiger partial charge in [0.15, 0.2) is 0 Å². The lowest BCUT2D eigenvalue weighted by molar-refractivity contribution is 0.577. The van der Waals surface area contributed by atoms with E-state index in [1.165, 1.54) is 12.1 Å². The smallest absolute Gasteiger partial charge is 0.126 e. The van der Waals surface area contributed by atoms with Gasteiger partial charge in [0.2, 0.25) is 0 Å². The predicted molar refractivity (Wildman–Crippen MR) is 73.2 cm³/mol. The van der Waals surface area contributed by atoms with Crippen LogP contribution < -0.4 is 5.32 Å². The van der Waals surface area contributed by atoms with Gasteiger partial charge in [-0.1, -0.05) is 29.8 Å². The van der Waals surface area contributed by atoms with Gasteiger partial charge in [-0.05, 0) is 42.3 Å². The lowest BCUT2D eigenvalue weighted by Gasteiger charge is -2.07. The lowest BCUT2D eigenvalue weighted by Crippen LogP contribution is -2.17. The van der Waals surface area contributed by atoms with Crippen molar-refractivity contribution < 1.29 is 8.78 Å². The molecule has 0 spiro atoms. The van der Waals surface area contributed by atoms with Crippen molar-refractivity contribution in [3.8, 4) is 0 Å². The topological polar surface area (TPSA) is 12.0 Å². The van der Waals surface area contributed by atoms with E-state index >= 15 is 0 Å². The Hall–Kier alpha value is -1.45. The predicted octanol–water partition coefficient (Wildman–Crippen LogP) is 3.95. The standard InChI is InChI=1S/C15H14ClF2N/c16-15-4-2-1-3-12(15)10-19-6-5-11-7-13(17)9-14(18)8-11/h1-4,7-9,19H,5-6,10H2. The Bertz CT molecular complexity index is 537. The highest BCUT2D eigenvalue weighted by atomic mass is 35.5. The van der Waals surface area contributed by atoms with Crippen LogP contribution in [0.4, 0.5) is 8.78 Å². The van der Waals surface area contributed by atoms with Gasteiger partial charge in [-0.25, -0.2) is 8.78 Å². The number of hydrogen-bond donors (Lipinski definition) is 1. The van der Waals surface area contributed by atoms with Gasteiger partial charge < -0.3 is 5.32 Å². The minimum Gasteiger partial charge on any atom is -0.312 e. The quantitative estimate of drug-likeness (QED) is 0.818. The summed E-state index contributed by atoms with van der Waals surface area (Å²) in [6.07, 6.45) is 0.569. The summed E-state index contributed by atoms with van der Waals surface area (Å²) in [5.41, 5.74) is 1.65. The summed E-state index contributed by atoms with van der Waals surface area (Å²) in [4.78, 5) is 0. The summed E-state index contributed by atoms with van der Waals surface area (Å²) < 4.78 is 26.0. The normalized spacial score (nSPS) is 10.7. The van der Waals surface area contributed by atoms with Gasteiger partial charge >= 0.3 is 0 Å². The highest BCUT2D eigenvalue weighted by Gasteiger charge is 2.01. The summed E-state index contributed by atoms with van der Waals surface area (Å²) in [6.45, 7) is 1.27. The number of hydrogen-bond acceptors (Lipinski definition) is 1. The number of benzene rings is 2. The Morgan fingerprint density at radius 3 is 2.37 bits per heavy atom. The Balaban J connectivity index is 1.82. The Kier molecular flexibility index (Phi) is 4.88. The van der Waals surface area contributed by atoms with Gasteiger partial charge in [0.1, 0.15) is 11.6 Å². The first-order chi connectivity index (χ1) is 9.15. The summed E-state index contributed by atoms with van der Waals surface area (Å²) in [5.74, 6) is -1.08. The molecule has 0 atom stereocenters. The van der Waals surface area contributed by atoms with E-state index in [9.17, 15) is 8.78 Å². The first-order valence-electron chi connectivity index (χ1n) is 6.04. The lowest BCUT2D eigenvalue weighted by atomic mass is 10.1. The van der Waals surface area contributed by atoms with E-state index in [1.54, 1.807) is 0 Å². The molecule has 0 aliphatic carbocycles.